The SMILES string of the molecule is CNCC(Cc1cccc(C)c1)Cc1ccc(F)cc1Br. The molecule has 0 aromatic heterocycles. The molecular formula is C18H21BrFN. The first kappa shape index (κ1) is 16.2. The fraction of sp³-hybridized carbons (Fsp3) is 0.333. The average Bonchev–Trinajstić information content (AvgIpc) is 2.42. The minimum atomic E-state index is -0.200. The Hall–Kier alpha value is -1.19. The van der Waals surface area contributed by atoms with Crippen LogP contribution in [0.4, 0.5) is 4.39 Å². The van der Waals surface area contributed by atoms with Gasteiger partial charge in [0.25, 0.3) is 0 Å². The Morgan fingerprint density at radius 2 is 1.95 bits per heavy atom. The van der Waals surface area contributed by atoms with Gasteiger partial charge in [0.2, 0.25) is 0 Å². The van der Waals surface area contributed by atoms with Gasteiger partial charge in [0, 0.05) is 4.47 Å². The van der Waals surface area contributed by atoms with Gasteiger partial charge in [-0.1, -0.05) is 51.8 Å². The van der Waals surface area contributed by atoms with Gasteiger partial charge in [-0.2, -0.15) is 0 Å². The summed E-state index contributed by atoms with van der Waals surface area (Å²) in [5, 5.41) is 3.26. The van der Waals surface area contributed by atoms with E-state index in [1.807, 2.05) is 13.1 Å². The van der Waals surface area contributed by atoms with Crippen molar-refractivity contribution in [2.24, 2.45) is 5.92 Å². The molecule has 1 atom stereocenters. The van der Waals surface area contributed by atoms with E-state index in [4.69, 9.17) is 0 Å². The van der Waals surface area contributed by atoms with E-state index in [0.29, 0.717) is 5.92 Å². The highest BCUT2D eigenvalue weighted by molar-refractivity contribution is 9.10. The summed E-state index contributed by atoms with van der Waals surface area (Å²) in [5.41, 5.74) is 3.80. The number of hydrogen-bond acceptors (Lipinski definition) is 1. The Balaban J connectivity index is 2.11. The molecule has 0 aliphatic carbocycles. The number of halogens is 2. The maximum Gasteiger partial charge on any atom is 0.124 e. The molecule has 0 saturated carbocycles. The molecule has 0 fully saturated rings. The molecule has 1 nitrogen and oxygen atoms in total. The van der Waals surface area contributed by atoms with Crippen LogP contribution in [-0.4, -0.2) is 13.6 Å². The summed E-state index contributed by atoms with van der Waals surface area (Å²) in [6.45, 7) is 3.06. The molecule has 2 rings (SSSR count). The van der Waals surface area contributed by atoms with Gasteiger partial charge in [-0.15, -0.1) is 0 Å². The third-order valence-corrected chi connectivity index (χ3v) is 4.36. The van der Waals surface area contributed by atoms with Crippen molar-refractivity contribution < 1.29 is 4.39 Å². The van der Waals surface area contributed by atoms with Crippen molar-refractivity contribution in [2.75, 3.05) is 13.6 Å². The molecule has 21 heavy (non-hydrogen) atoms. The molecule has 0 amide bonds. The highest BCUT2D eigenvalue weighted by atomic mass is 79.9. The van der Waals surface area contributed by atoms with E-state index < -0.39 is 0 Å². The summed E-state index contributed by atoms with van der Waals surface area (Å²) >= 11 is 3.46. The standard InChI is InChI=1S/C18H21BrFN/c1-13-4-3-5-14(8-13)9-15(12-21-2)10-16-6-7-17(20)11-18(16)19/h3-8,11,15,21H,9-10,12H2,1-2H3. The third kappa shape index (κ3) is 4.94. The highest BCUT2D eigenvalue weighted by Gasteiger charge is 2.12. The van der Waals surface area contributed by atoms with Gasteiger partial charge in [0.15, 0.2) is 0 Å². The van der Waals surface area contributed by atoms with E-state index >= 15 is 0 Å². The molecule has 0 aliphatic heterocycles. The van der Waals surface area contributed by atoms with Crippen molar-refractivity contribution >= 4 is 15.9 Å². The second kappa shape index (κ2) is 7.71. The third-order valence-electron chi connectivity index (χ3n) is 3.62. The Morgan fingerprint density at radius 1 is 1.14 bits per heavy atom. The first-order valence-corrected chi connectivity index (χ1v) is 8.02. The maximum atomic E-state index is 13.2. The fourth-order valence-corrected chi connectivity index (χ4v) is 3.19. The lowest BCUT2D eigenvalue weighted by Crippen LogP contribution is -2.23. The minimum Gasteiger partial charge on any atom is -0.319 e. The maximum absolute atomic E-state index is 13.2. The second-order valence-corrected chi connectivity index (χ2v) is 6.41. The molecule has 112 valence electrons. The van der Waals surface area contributed by atoms with Gasteiger partial charge in [0.05, 0.1) is 0 Å². The largest absolute Gasteiger partial charge is 0.319 e. The molecule has 2 aromatic carbocycles. The summed E-state index contributed by atoms with van der Waals surface area (Å²) in [6.07, 6.45) is 1.95. The van der Waals surface area contributed by atoms with Gasteiger partial charge in [0.1, 0.15) is 5.82 Å². The van der Waals surface area contributed by atoms with E-state index in [9.17, 15) is 4.39 Å². The quantitative estimate of drug-likeness (QED) is 0.808. The predicted molar refractivity (Wildman–Crippen MR) is 90.1 cm³/mol. The van der Waals surface area contributed by atoms with Crippen molar-refractivity contribution in [1.29, 1.82) is 0 Å². The van der Waals surface area contributed by atoms with Gasteiger partial charge in [-0.25, -0.2) is 4.39 Å². The van der Waals surface area contributed by atoms with Gasteiger partial charge < -0.3 is 5.32 Å². The van der Waals surface area contributed by atoms with Crippen LogP contribution in [-0.2, 0) is 12.8 Å². The Morgan fingerprint density at radius 3 is 2.62 bits per heavy atom. The van der Waals surface area contributed by atoms with E-state index in [1.54, 1.807) is 6.07 Å². The van der Waals surface area contributed by atoms with Gasteiger partial charge in [-0.3, -0.25) is 0 Å². The van der Waals surface area contributed by atoms with Crippen LogP contribution in [0.1, 0.15) is 16.7 Å². The van der Waals surface area contributed by atoms with Crippen molar-refractivity contribution in [1.82, 2.24) is 5.32 Å². The van der Waals surface area contributed by atoms with Crippen molar-refractivity contribution in [2.45, 2.75) is 19.8 Å². The zero-order valence-corrected chi connectivity index (χ0v) is 14.1. The van der Waals surface area contributed by atoms with Crippen molar-refractivity contribution in [3.63, 3.8) is 0 Å². The lowest BCUT2D eigenvalue weighted by Gasteiger charge is -2.18. The Bertz CT molecular complexity index is 598. The summed E-state index contributed by atoms with van der Waals surface area (Å²) in [7, 11) is 1.98. The predicted octanol–water partition coefficient (Wildman–Crippen LogP) is 4.52. The molecule has 1 unspecified atom stereocenters. The Labute approximate surface area is 134 Å². The molecule has 3 heteroatoms. The normalized spacial score (nSPS) is 12.4. The smallest absolute Gasteiger partial charge is 0.124 e. The molecule has 0 aliphatic rings. The van der Waals surface area contributed by atoms with E-state index in [1.165, 1.54) is 17.2 Å². The van der Waals surface area contributed by atoms with Crippen molar-refractivity contribution in [3.05, 3.63) is 69.4 Å². The molecule has 0 spiro atoms. The average molecular weight is 350 g/mol. The molecule has 0 heterocycles. The number of rotatable bonds is 6. The van der Waals surface area contributed by atoms with Gasteiger partial charge >= 0.3 is 0 Å². The fourth-order valence-electron chi connectivity index (χ4n) is 2.68. The molecule has 1 N–H and O–H groups in total. The van der Waals surface area contributed by atoms with Crippen LogP contribution in [0.3, 0.4) is 0 Å². The summed E-state index contributed by atoms with van der Waals surface area (Å²) in [4.78, 5) is 0. The lowest BCUT2D eigenvalue weighted by atomic mass is 9.92. The number of nitrogens with one attached hydrogen (secondary N) is 1. The number of benzene rings is 2. The molecule has 0 radical (unpaired) electrons. The van der Waals surface area contributed by atoms with Crippen LogP contribution >= 0.6 is 15.9 Å². The van der Waals surface area contributed by atoms with E-state index in [-0.39, 0.29) is 5.82 Å². The van der Waals surface area contributed by atoms with Crippen molar-refractivity contribution in [3.8, 4) is 0 Å². The first-order valence-electron chi connectivity index (χ1n) is 7.22. The lowest BCUT2D eigenvalue weighted by molar-refractivity contribution is 0.492. The first-order chi connectivity index (χ1) is 10.1. The van der Waals surface area contributed by atoms with Crippen LogP contribution in [0.5, 0.6) is 0 Å². The molecular weight excluding hydrogens is 329 g/mol. The van der Waals surface area contributed by atoms with Crippen LogP contribution in [0.15, 0.2) is 46.9 Å². The zero-order chi connectivity index (χ0) is 15.2. The summed E-state index contributed by atoms with van der Waals surface area (Å²) in [5.74, 6) is 0.285. The summed E-state index contributed by atoms with van der Waals surface area (Å²) in [6, 6.07) is 13.6. The van der Waals surface area contributed by atoms with Crippen LogP contribution in [0.25, 0.3) is 0 Å². The minimum absolute atomic E-state index is 0.200. The molecule has 0 bridgehead atoms. The van der Waals surface area contributed by atoms with Crippen LogP contribution in [0, 0.1) is 18.7 Å². The highest BCUT2D eigenvalue weighted by Crippen LogP contribution is 2.23. The second-order valence-electron chi connectivity index (χ2n) is 5.56. The van der Waals surface area contributed by atoms with Gasteiger partial charge in [-0.05, 0) is 62.5 Å². The summed E-state index contributed by atoms with van der Waals surface area (Å²) < 4.78 is 14.0. The van der Waals surface area contributed by atoms with Crippen LogP contribution in [0.2, 0.25) is 0 Å². The number of hydrogen-bond donors (Lipinski definition) is 1. The zero-order valence-electron chi connectivity index (χ0n) is 12.5. The van der Waals surface area contributed by atoms with E-state index in [0.717, 1.165) is 29.4 Å². The monoisotopic (exact) mass is 349 g/mol. The topological polar surface area (TPSA) is 12.0 Å². The molecule has 0 saturated heterocycles. The van der Waals surface area contributed by atoms with E-state index in [2.05, 4.69) is 52.4 Å². The van der Waals surface area contributed by atoms with Crippen LogP contribution < -0.4 is 5.32 Å². The Kier molecular flexibility index (Phi) is 5.95. The molecule has 2 aromatic rings. The number of aryl methyl sites for hydroxylation is 1.